The first-order chi connectivity index (χ1) is 17.0. The van der Waals surface area contributed by atoms with E-state index in [2.05, 4.69) is 31.7 Å². The summed E-state index contributed by atoms with van der Waals surface area (Å²) in [5.74, 6) is 0.650. The highest BCUT2D eigenvalue weighted by Crippen LogP contribution is 2.57. The number of ether oxygens (including phenoxy) is 1. The van der Waals surface area contributed by atoms with Crippen LogP contribution in [0.15, 0.2) is 47.4 Å². The number of likely N-dealkylation sites (tertiary alicyclic amines) is 1. The van der Waals surface area contributed by atoms with Crippen LogP contribution < -0.4 is 4.74 Å². The van der Waals surface area contributed by atoms with E-state index in [9.17, 15) is 18.3 Å². The minimum atomic E-state index is -3.52. The standard InChI is InChI=1S/C29H37NO5S/c1-28(2)26-17-21-22(8-7-9-23(21)31)29(28,3)14-15-30(26)27(32)20-13-12-19(16-20)18-36(33,34)25-11-6-5-10-24(25)35-4/h5-11,19-20,26,31H,12-18H2,1-4H3/t19?,20-,26-,29+/m1/s1. The summed E-state index contributed by atoms with van der Waals surface area (Å²) >= 11 is 0. The Morgan fingerprint density at radius 1 is 1.11 bits per heavy atom. The molecule has 5 rings (SSSR count). The zero-order valence-corrected chi connectivity index (χ0v) is 22.5. The zero-order valence-electron chi connectivity index (χ0n) is 21.7. The molecule has 1 amide bonds. The topological polar surface area (TPSA) is 83.9 Å². The van der Waals surface area contributed by atoms with Crippen molar-refractivity contribution in [3.63, 3.8) is 0 Å². The Labute approximate surface area is 214 Å². The monoisotopic (exact) mass is 511 g/mol. The first kappa shape index (κ1) is 25.1. The van der Waals surface area contributed by atoms with Gasteiger partial charge in [-0.15, -0.1) is 0 Å². The molecule has 2 aromatic rings. The molecule has 0 aromatic heterocycles. The van der Waals surface area contributed by atoms with Gasteiger partial charge in [-0.2, -0.15) is 0 Å². The van der Waals surface area contributed by atoms with Gasteiger partial charge in [0.15, 0.2) is 9.84 Å². The lowest BCUT2D eigenvalue weighted by Crippen LogP contribution is -2.65. The quantitative estimate of drug-likeness (QED) is 0.627. The number of carbonyl (C=O) groups excluding carboxylic acids is 1. The fourth-order valence-corrected chi connectivity index (χ4v) is 9.00. The van der Waals surface area contributed by atoms with E-state index < -0.39 is 9.84 Å². The van der Waals surface area contributed by atoms with Gasteiger partial charge in [-0.25, -0.2) is 8.42 Å². The summed E-state index contributed by atoms with van der Waals surface area (Å²) in [5, 5.41) is 10.6. The summed E-state index contributed by atoms with van der Waals surface area (Å²) < 4.78 is 31.6. The third-order valence-electron chi connectivity index (χ3n) is 9.66. The molecule has 1 N–H and O–H groups in total. The summed E-state index contributed by atoms with van der Waals surface area (Å²) in [7, 11) is -2.04. The molecular weight excluding hydrogens is 474 g/mol. The number of rotatable bonds is 5. The number of methoxy groups -OCH3 is 1. The molecule has 4 atom stereocenters. The third kappa shape index (κ3) is 3.82. The van der Waals surface area contributed by atoms with Gasteiger partial charge in [-0.3, -0.25) is 4.79 Å². The SMILES string of the molecule is COc1ccccc1S(=O)(=O)CC1CC[C@@H](C(=O)N2CC[C@@]3(C)c4cccc(O)c4C[C@@H]2C3(C)C)C1. The van der Waals surface area contributed by atoms with Crippen LogP contribution in [0.25, 0.3) is 0 Å². The van der Waals surface area contributed by atoms with Crippen molar-refractivity contribution < 1.29 is 23.1 Å². The molecule has 2 fully saturated rings. The number of nitrogens with zero attached hydrogens (tertiary/aromatic N) is 1. The lowest BCUT2D eigenvalue weighted by atomic mass is 9.51. The van der Waals surface area contributed by atoms with Crippen molar-refractivity contribution >= 4 is 15.7 Å². The van der Waals surface area contributed by atoms with E-state index in [0.29, 0.717) is 37.3 Å². The van der Waals surface area contributed by atoms with Crippen LogP contribution in [0, 0.1) is 17.3 Å². The molecule has 1 saturated heterocycles. The van der Waals surface area contributed by atoms with Crippen LogP contribution in [0.1, 0.15) is 57.6 Å². The number of amides is 1. The molecule has 3 aliphatic rings. The lowest BCUT2D eigenvalue weighted by Gasteiger charge is -2.61. The van der Waals surface area contributed by atoms with Gasteiger partial charge in [0.2, 0.25) is 5.91 Å². The van der Waals surface area contributed by atoms with Crippen LogP contribution in [0.3, 0.4) is 0 Å². The molecule has 1 unspecified atom stereocenters. The van der Waals surface area contributed by atoms with Crippen LogP contribution in [0.4, 0.5) is 0 Å². The summed E-state index contributed by atoms with van der Waals surface area (Å²) in [4.78, 5) is 16.1. The fraction of sp³-hybridized carbons (Fsp3) is 0.552. The Morgan fingerprint density at radius 2 is 1.86 bits per heavy atom. The highest BCUT2D eigenvalue weighted by molar-refractivity contribution is 7.91. The number of phenolic OH excluding ortho intramolecular Hbond substituents is 1. The highest BCUT2D eigenvalue weighted by atomic mass is 32.2. The van der Waals surface area contributed by atoms with Gasteiger partial charge in [0.25, 0.3) is 0 Å². The van der Waals surface area contributed by atoms with Crippen LogP contribution in [0.2, 0.25) is 0 Å². The van der Waals surface area contributed by atoms with E-state index in [0.717, 1.165) is 18.4 Å². The Bertz CT molecular complexity index is 1290. The van der Waals surface area contributed by atoms with Crippen molar-refractivity contribution in [2.24, 2.45) is 17.3 Å². The second kappa shape index (κ2) is 8.79. The summed E-state index contributed by atoms with van der Waals surface area (Å²) in [6, 6.07) is 12.5. The van der Waals surface area contributed by atoms with Gasteiger partial charge in [0.05, 0.1) is 12.9 Å². The molecule has 7 heteroatoms. The number of hydrogen-bond acceptors (Lipinski definition) is 5. The normalized spacial score (nSPS) is 29.0. The molecule has 0 spiro atoms. The predicted octanol–water partition coefficient (Wildman–Crippen LogP) is 4.73. The summed E-state index contributed by atoms with van der Waals surface area (Å²) in [6.45, 7) is 7.47. The molecule has 6 nitrogen and oxygen atoms in total. The van der Waals surface area contributed by atoms with Crippen LogP contribution in [0.5, 0.6) is 11.5 Å². The van der Waals surface area contributed by atoms with Crippen LogP contribution >= 0.6 is 0 Å². The molecule has 1 aliphatic heterocycles. The van der Waals surface area contributed by atoms with E-state index in [-0.39, 0.29) is 45.3 Å². The Kier molecular flexibility index (Phi) is 6.13. The smallest absolute Gasteiger partial charge is 0.225 e. The van der Waals surface area contributed by atoms with E-state index in [1.54, 1.807) is 30.3 Å². The minimum Gasteiger partial charge on any atom is -0.508 e. The first-order valence-electron chi connectivity index (χ1n) is 13.0. The van der Waals surface area contributed by atoms with Crippen molar-refractivity contribution in [2.75, 3.05) is 19.4 Å². The Balaban J connectivity index is 1.33. The molecular formula is C29H37NO5S. The van der Waals surface area contributed by atoms with E-state index in [4.69, 9.17) is 4.74 Å². The highest BCUT2D eigenvalue weighted by Gasteiger charge is 2.57. The summed E-state index contributed by atoms with van der Waals surface area (Å²) in [6.07, 6.45) is 3.53. The number of para-hydroxylation sites is 1. The number of aromatic hydroxyl groups is 1. The maximum absolute atomic E-state index is 13.9. The Hall–Kier alpha value is -2.54. The number of sulfone groups is 1. The number of piperidine rings is 1. The average molecular weight is 512 g/mol. The molecule has 2 aromatic carbocycles. The fourth-order valence-electron chi connectivity index (χ4n) is 7.15. The van der Waals surface area contributed by atoms with Gasteiger partial charge in [-0.1, -0.05) is 45.0 Å². The van der Waals surface area contributed by atoms with Crippen molar-refractivity contribution in [2.45, 2.75) is 69.2 Å². The zero-order chi connectivity index (χ0) is 25.9. The molecule has 1 saturated carbocycles. The summed E-state index contributed by atoms with van der Waals surface area (Å²) in [5.41, 5.74) is 1.90. The number of carbonyl (C=O) groups is 1. The third-order valence-corrected chi connectivity index (χ3v) is 11.6. The first-order valence-corrected chi connectivity index (χ1v) is 14.6. The van der Waals surface area contributed by atoms with Crippen molar-refractivity contribution in [1.82, 2.24) is 4.90 Å². The Morgan fingerprint density at radius 3 is 2.61 bits per heavy atom. The van der Waals surface area contributed by atoms with E-state index in [1.807, 2.05) is 6.07 Å². The number of fused-ring (bicyclic) bond motifs is 4. The van der Waals surface area contributed by atoms with Gasteiger partial charge in [0.1, 0.15) is 16.4 Å². The van der Waals surface area contributed by atoms with Crippen LogP contribution in [-0.4, -0.2) is 49.8 Å². The maximum atomic E-state index is 13.9. The van der Waals surface area contributed by atoms with E-state index in [1.165, 1.54) is 12.7 Å². The van der Waals surface area contributed by atoms with Crippen LogP contribution in [-0.2, 0) is 26.5 Å². The predicted molar refractivity (Wildman–Crippen MR) is 139 cm³/mol. The molecule has 2 aliphatic carbocycles. The lowest BCUT2D eigenvalue weighted by molar-refractivity contribution is -0.148. The number of hydrogen-bond donors (Lipinski definition) is 1. The number of phenols is 1. The second-order valence-corrected chi connectivity index (χ2v) is 13.7. The van der Waals surface area contributed by atoms with Gasteiger partial charge in [-0.05, 0) is 72.8 Å². The van der Waals surface area contributed by atoms with Crippen molar-refractivity contribution in [1.29, 1.82) is 0 Å². The largest absolute Gasteiger partial charge is 0.508 e. The van der Waals surface area contributed by atoms with E-state index >= 15 is 0 Å². The molecule has 194 valence electrons. The molecule has 1 heterocycles. The molecule has 0 radical (unpaired) electrons. The van der Waals surface area contributed by atoms with Crippen molar-refractivity contribution in [3.8, 4) is 11.5 Å². The molecule has 36 heavy (non-hydrogen) atoms. The average Bonchev–Trinajstić information content (AvgIpc) is 3.29. The number of benzene rings is 2. The van der Waals surface area contributed by atoms with Crippen molar-refractivity contribution in [3.05, 3.63) is 53.6 Å². The maximum Gasteiger partial charge on any atom is 0.225 e. The second-order valence-electron chi connectivity index (χ2n) is 11.7. The van der Waals surface area contributed by atoms with Gasteiger partial charge >= 0.3 is 0 Å². The van der Waals surface area contributed by atoms with Gasteiger partial charge < -0.3 is 14.7 Å². The minimum absolute atomic E-state index is 0.000845. The van der Waals surface area contributed by atoms with Gasteiger partial charge in [0, 0.05) is 23.9 Å². The molecule has 2 bridgehead atoms.